The van der Waals surface area contributed by atoms with Gasteiger partial charge in [-0.25, -0.2) is 9.79 Å². The minimum Gasteiger partial charge on any atom is -0.211 e. The van der Waals surface area contributed by atoms with Gasteiger partial charge in [0.25, 0.3) is 0 Å². The van der Waals surface area contributed by atoms with Crippen LogP contribution in [0.4, 0.5) is 0 Å². The largest absolute Gasteiger partial charge is 0.235 e. The minimum atomic E-state index is 0.437. The number of hydrogen-bond donors (Lipinski definition) is 0. The van der Waals surface area contributed by atoms with E-state index in [0.717, 1.165) is 5.56 Å². The summed E-state index contributed by atoms with van der Waals surface area (Å²) >= 11 is 0. The second-order valence-electron chi connectivity index (χ2n) is 3.66. The molecule has 0 N–H and O–H groups in total. The van der Waals surface area contributed by atoms with Crippen LogP contribution in [0.15, 0.2) is 29.3 Å². The molecule has 1 aromatic carbocycles. The molecule has 0 saturated heterocycles. The maximum absolute atomic E-state index is 9.95. The number of aliphatic imine (C=N–C) groups is 1. The Morgan fingerprint density at radius 2 is 1.80 bits per heavy atom. The van der Waals surface area contributed by atoms with E-state index >= 15 is 0 Å². The molecule has 0 aliphatic rings. The average Bonchev–Trinajstić information content (AvgIpc) is 2.29. The van der Waals surface area contributed by atoms with E-state index in [1.807, 2.05) is 12.1 Å². The first-order valence-corrected chi connectivity index (χ1v) is 5.44. The summed E-state index contributed by atoms with van der Waals surface area (Å²) in [5, 5.41) is 0. The summed E-state index contributed by atoms with van der Waals surface area (Å²) < 4.78 is 0. The van der Waals surface area contributed by atoms with Crippen LogP contribution < -0.4 is 0 Å². The molecule has 0 bridgehead atoms. The standard InChI is InChI=1S/C13H17NO/c1-3-12(4-2)13-7-5-11(6-8-13)9-14-10-15/h5-8,12H,3-4,9H2,1-2H3. The highest BCUT2D eigenvalue weighted by molar-refractivity contribution is 5.34. The Labute approximate surface area is 91.0 Å². The zero-order valence-corrected chi connectivity index (χ0v) is 9.36. The van der Waals surface area contributed by atoms with E-state index in [2.05, 4.69) is 31.0 Å². The van der Waals surface area contributed by atoms with Gasteiger partial charge in [0, 0.05) is 0 Å². The molecule has 2 nitrogen and oxygen atoms in total. The van der Waals surface area contributed by atoms with E-state index in [9.17, 15) is 4.79 Å². The summed E-state index contributed by atoms with van der Waals surface area (Å²) in [5.41, 5.74) is 2.44. The average molecular weight is 203 g/mol. The lowest BCUT2D eigenvalue weighted by Gasteiger charge is -2.12. The highest BCUT2D eigenvalue weighted by atomic mass is 16.1. The number of carbonyl (C=O) groups excluding carboxylic acids is 1. The van der Waals surface area contributed by atoms with Gasteiger partial charge in [0.05, 0.1) is 6.54 Å². The zero-order chi connectivity index (χ0) is 11.1. The van der Waals surface area contributed by atoms with Crippen LogP contribution in [0.1, 0.15) is 43.7 Å². The summed E-state index contributed by atoms with van der Waals surface area (Å²) in [6.07, 6.45) is 3.89. The first-order chi connectivity index (χ1) is 7.31. The molecule has 0 unspecified atom stereocenters. The molecular weight excluding hydrogens is 186 g/mol. The van der Waals surface area contributed by atoms with E-state index < -0.39 is 0 Å². The molecule has 1 rings (SSSR count). The molecular formula is C13H17NO. The summed E-state index contributed by atoms with van der Waals surface area (Å²) in [6.45, 7) is 4.85. The highest BCUT2D eigenvalue weighted by Crippen LogP contribution is 2.23. The normalized spacial score (nSPS) is 10.1. The predicted molar refractivity (Wildman–Crippen MR) is 61.6 cm³/mol. The van der Waals surface area contributed by atoms with Gasteiger partial charge in [-0.05, 0) is 29.9 Å². The fraction of sp³-hybridized carbons (Fsp3) is 0.462. The van der Waals surface area contributed by atoms with Crippen LogP contribution in [-0.2, 0) is 11.3 Å². The predicted octanol–water partition coefficient (Wildman–Crippen LogP) is 3.43. The monoisotopic (exact) mass is 203 g/mol. The van der Waals surface area contributed by atoms with E-state index in [1.54, 1.807) is 6.08 Å². The lowest BCUT2D eigenvalue weighted by molar-refractivity contribution is 0.563. The van der Waals surface area contributed by atoms with Crippen LogP contribution in [-0.4, -0.2) is 6.08 Å². The fourth-order valence-corrected chi connectivity index (χ4v) is 1.78. The summed E-state index contributed by atoms with van der Waals surface area (Å²) in [4.78, 5) is 13.5. The SMILES string of the molecule is CCC(CC)c1ccc(CN=C=O)cc1. The van der Waals surface area contributed by atoms with E-state index in [1.165, 1.54) is 18.4 Å². The van der Waals surface area contributed by atoms with Gasteiger partial charge < -0.3 is 0 Å². The Bertz CT molecular complexity index is 332. The lowest BCUT2D eigenvalue weighted by atomic mass is 9.93. The first kappa shape index (κ1) is 11.7. The van der Waals surface area contributed by atoms with Crippen molar-refractivity contribution in [1.82, 2.24) is 0 Å². The van der Waals surface area contributed by atoms with E-state index in [0.29, 0.717) is 12.5 Å². The summed E-state index contributed by atoms with van der Waals surface area (Å²) in [7, 11) is 0. The van der Waals surface area contributed by atoms with Crippen molar-refractivity contribution in [3.8, 4) is 0 Å². The Balaban J connectivity index is 2.74. The molecule has 0 heterocycles. The molecule has 80 valence electrons. The number of nitrogens with zero attached hydrogens (tertiary/aromatic N) is 1. The van der Waals surface area contributed by atoms with Crippen molar-refractivity contribution in [2.45, 2.75) is 39.2 Å². The highest BCUT2D eigenvalue weighted by Gasteiger charge is 2.05. The van der Waals surface area contributed by atoms with Crippen LogP contribution in [0.25, 0.3) is 0 Å². The molecule has 0 spiro atoms. The van der Waals surface area contributed by atoms with Gasteiger partial charge in [-0.15, -0.1) is 0 Å². The van der Waals surface area contributed by atoms with Gasteiger partial charge >= 0.3 is 0 Å². The summed E-state index contributed by atoms with van der Waals surface area (Å²) in [5.74, 6) is 0.647. The fourth-order valence-electron chi connectivity index (χ4n) is 1.78. The Morgan fingerprint density at radius 3 is 2.27 bits per heavy atom. The molecule has 1 aromatic rings. The van der Waals surface area contributed by atoms with Crippen molar-refractivity contribution in [1.29, 1.82) is 0 Å². The van der Waals surface area contributed by atoms with Crippen molar-refractivity contribution < 1.29 is 4.79 Å². The third-order valence-electron chi connectivity index (χ3n) is 2.76. The minimum absolute atomic E-state index is 0.437. The van der Waals surface area contributed by atoms with Crippen molar-refractivity contribution in [2.24, 2.45) is 4.99 Å². The molecule has 15 heavy (non-hydrogen) atoms. The van der Waals surface area contributed by atoms with Gasteiger partial charge in [0.15, 0.2) is 0 Å². The topological polar surface area (TPSA) is 29.4 Å². The zero-order valence-electron chi connectivity index (χ0n) is 9.36. The Kier molecular flexibility index (Phi) is 4.79. The van der Waals surface area contributed by atoms with Crippen molar-refractivity contribution in [3.63, 3.8) is 0 Å². The van der Waals surface area contributed by atoms with Crippen molar-refractivity contribution in [2.75, 3.05) is 0 Å². The molecule has 0 aliphatic carbocycles. The third kappa shape index (κ3) is 3.34. The van der Waals surface area contributed by atoms with Gasteiger partial charge in [-0.3, -0.25) is 0 Å². The molecule has 0 fully saturated rings. The van der Waals surface area contributed by atoms with Crippen molar-refractivity contribution in [3.05, 3.63) is 35.4 Å². The van der Waals surface area contributed by atoms with Crippen LogP contribution in [0, 0.1) is 0 Å². The second kappa shape index (κ2) is 6.15. The number of rotatable bonds is 5. The second-order valence-corrected chi connectivity index (χ2v) is 3.66. The van der Waals surface area contributed by atoms with Gasteiger partial charge in [0.1, 0.15) is 0 Å². The molecule has 0 radical (unpaired) electrons. The summed E-state index contributed by atoms with van der Waals surface area (Å²) in [6, 6.07) is 8.34. The smallest absolute Gasteiger partial charge is 0.211 e. The molecule has 2 heteroatoms. The quantitative estimate of drug-likeness (QED) is 0.532. The van der Waals surface area contributed by atoms with Crippen molar-refractivity contribution >= 4 is 6.08 Å². The third-order valence-corrected chi connectivity index (χ3v) is 2.76. The van der Waals surface area contributed by atoms with Gasteiger partial charge in [-0.2, -0.15) is 0 Å². The Hall–Kier alpha value is -1.40. The molecule has 0 atom stereocenters. The number of benzene rings is 1. The van der Waals surface area contributed by atoms with Gasteiger partial charge in [0.2, 0.25) is 6.08 Å². The maximum atomic E-state index is 9.95. The molecule has 0 amide bonds. The number of hydrogen-bond acceptors (Lipinski definition) is 2. The van der Waals surface area contributed by atoms with E-state index in [-0.39, 0.29) is 0 Å². The van der Waals surface area contributed by atoms with Crippen LogP contribution in [0.3, 0.4) is 0 Å². The van der Waals surface area contributed by atoms with Gasteiger partial charge in [-0.1, -0.05) is 38.1 Å². The van der Waals surface area contributed by atoms with Crippen LogP contribution in [0.2, 0.25) is 0 Å². The Morgan fingerprint density at radius 1 is 1.20 bits per heavy atom. The maximum Gasteiger partial charge on any atom is 0.235 e. The van der Waals surface area contributed by atoms with E-state index in [4.69, 9.17) is 0 Å². The molecule has 0 saturated carbocycles. The number of isocyanates is 1. The molecule has 0 aromatic heterocycles. The molecule has 0 aliphatic heterocycles. The van der Waals surface area contributed by atoms with Crippen LogP contribution >= 0.6 is 0 Å². The first-order valence-electron chi connectivity index (χ1n) is 5.44. The van der Waals surface area contributed by atoms with Crippen LogP contribution in [0.5, 0.6) is 0 Å². The lowest BCUT2D eigenvalue weighted by Crippen LogP contribution is -1.95.